The van der Waals surface area contributed by atoms with Crippen molar-refractivity contribution in [3.05, 3.63) is 20.2 Å². The summed E-state index contributed by atoms with van der Waals surface area (Å²) < 4.78 is 8.23. The molecule has 4 nitrogen and oxygen atoms in total. The van der Waals surface area contributed by atoms with Gasteiger partial charge >= 0.3 is 6.01 Å². The van der Waals surface area contributed by atoms with Crippen LogP contribution < -0.4 is 10.3 Å². The van der Waals surface area contributed by atoms with E-state index >= 15 is 0 Å². The van der Waals surface area contributed by atoms with Gasteiger partial charge in [0.2, 0.25) is 0 Å². The molecule has 0 atom stereocenters. The fourth-order valence-electron chi connectivity index (χ4n) is 1.81. The first-order valence-corrected chi connectivity index (χ1v) is 8.11. The number of halogens is 1. The van der Waals surface area contributed by atoms with Gasteiger partial charge in [-0.3, -0.25) is 9.36 Å². The van der Waals surface area contributed by atoms with Gasteiger partial charge in [-0.15, -0.1) is 11.3 Å². The molecule has 104 valence electrons. The molecule has 0 bridgehead atoms. The molecule has 2 rings (SSSR count). The van der Waals surface area contributed by atoms with Gasteiger partial charge in [-0.25, -0.2) is 0 Å². The zero-order chi connectivity index (χ0) is 13.8. The van der Waals surface area contributed by atoms with E-state index in [2.05, 4.69) is 27.8 Å². The van der Waals surface area contributed by atoms with E-state index in [0.717, 1.165) is 27.9 Å². The maximum absolute atomic E-state index is 12.4. The Hall–Kier alpha value is -0.880. The molecule has 2 aromatic heterocycles. The largest absolute Gasteiger partial charge is 0.465 e. The molecule has 0 saturated carbocycles. The summed E-state index contributed by atoms with van der Waals surface area (Å²) in [6.45, 7) is 5.38. The van der Waals surface area contributed by atoms with Crippen LogP contribution in [0.5, 0.6) is 6.01 Å². The molecule has 0 unspecified atom stereocenters. The van der Waals surface area contributed by atoms with Crippen LogP contribution in [0.15, 0.2) is 14.6 Å². The van der Waals surface area contributed by atoms with Gasteiger partial charge in [0.25, 0.3) is 5.56 Å². The number of fused-ring (bicyclic) bond motifs is 1. The van der Waals surface area contributed by atoms with E-state index in [1.807, 2.05) is 13.0 Å². The highest BCUT2D eigenvalue weighted by atomic mass is 79.9. The Morgan fingerprint density at radius 3 is 2.89 bits per heavy atom. The average Bonchev–Trinajstić information content (AvgIpc) is 2.75. The Bertz CT molecular complexity index is 621. The van der Waals surface area contributed by atoms with Gasteiger partial charge in [-0.1, -0.05) is 20.3 Å². The van der Waals surface area contributed by atoms with E-state index in [0.29, 0.717) is 24.5 Å². The Morgan fingerprint density at radius 2 is 2.21 bits per heavy atom. The van der Waals surface area contributed by atoms with E-state index in [4.69, 9.17) is 4.74 Å². The highest BCUT2D eigenvalue weighted by Gasteiger charge is 2.13. The zero-order valence-electron chi connectivity index (χ0n) is 11.1. The topological polar surface area (TPSA) is 44.1 Å². The number of ether oxygens (including phenoxy) is 1. The third-order valence-electron chi connectivity index (χ3n) is 2.76. The monoisotopic (exact) mass is 344 g/mol. The second-order valence-corrected chi connectivity index (χ2v) is 6.73. The van der Waals surface area contributed by atoms with E-state index in [1.165, 1.54) is 11.3 Å². The molecule has 0 aliphatic rings. The Kier molecular flexibility index (Phi) is 4.99. The van der Waals surface area contributed by atoms with Crippen LogP contribution in [0.4, 0.5) is 0 Å². The molecule has 2 aromatic rings. The maximum atomic E-state index is 12.4. The van der Waals surface area contributed by atoms with Gasteiger partial charge < -0.3 is 4.74 Å². The minimum absolute atomic E-state index is 0.0136. The van der Waals surface area contributed by atoms with Gasteiger partial charge in [0.15, 0.2) is 0 Å². The minimum Gasteiger partial charge on any atom is -0.465 e. The number of rotatable bonds is 6. The number of hydrogen-bond acceptors (Lipinski definition) is 4. The second-order valence-electron chi connectivity index (χ2n) is 4.32. The van der Waals surface area contributed by atoms with E-state index in [1.54, 1.807) is 4.57 Å². The first kappa shape index (κ1) is 14.5. The molecule has 0 aliphatic heterocycles. The Morgan fingerprint density at radius 1 is 1.42 bits per heavy atom. The van der Waals surface area contributed by atoms with Gasteiger partial charge in [0.05, 0.1) is 15.8 Å². The predicted molar refractivity (Wildman–Crippen MR) is 82.3 cm³/mol. The average molecular weight is 345 g/mol. The van der Waals surface area contributed by atoms with Gasteiger partial charge in [-0.2, -0.15) is 4.98 Å². The molecule has 2 heterocycles. The third-order valence-corrected chi connectivity index (χ3v) is 4.29. The van der Waals surface area contributed by atoms with Gasteiger partial charge in [-0.05, 0) is 34.8 Å². The van der Waals surface area contributed by atoms with Crippen LogP contribution >= 0.6 is 27.3 Å². The normalized spacial score (nSPS) is 11.1. The lowest BCUT2D eigenvalue weighted by Crippen LogP contribution is -2.23. The van der Waals surface area contributed by atoms with Gasteiger partial charge in [0, 0.05) is 6.54 Å². The fraction of sp³-hybridized carbons (Fsp3) is 0.538. The summed E-state index contributed by atoms with van der Waals surface area (Å²) >= 11 is 4.86. The summed E-state index contributed by atoms with van der Waals surface area (Å²) in [7, 11) is 0. The summed E-state index contributed by atoms with van der Waals surface area (Å²) in [5.41, 5.74) is -0.0136. The zero-order valence-corrected chi connectivity index (χ0v) is 13.5. The molecule has 0 aliphatic carbocycles. The van der Waals surface area contributed by atoms with Crippen LogP contribution in [0.1, 0.15) is 33.1 Å². The van der Waals surface area contributed by atoms with Crippen molar-refractivity contribution in [1.82, 2.24) is 9.55 Å². The molecular formula is C13H17BrN2O2S. The Labute approximate surface area is 124 Å². The van der Waals surface area contributed by atoms with E-state index < -0.39 is 0 Å². The van der Waals surface area contributed by atoms with Crippen molar-refractivity contribution < 1.29 is 4.74 Å². The van der Waals surface area contributed by atoms with E-state index in [-0.39, 0.29) is 5.56 Å². The van der Waals surface area contributed by atoms with Crippen molar-refractivity contribution >= 4 is 37.5 Å². The maximum Gasteiger partial charge on any atom is 0.300 e. The van der Waals surface area contributed by atoms with Crippen LogP contribution in [0.25, 0.3) is 10.2 Å². The van der Waals surface area contributed by atoms with Crippen molar-refractivity contribution in [2.75, 3.05) is 6.61 Å². The van der Waals surface area contributed by atoms with Crippen molar-refractivity contribution in [3.8, 4) is 6.01 Å². The standard InChI is InChI=1S/C13H17BrN2O2S/c1-3-5-7-18-13-15-11-9(8-10(14)19-11)12(17)16(13)6-4-2/h8H,3-7H2,1-2H3. The minimum atomic E-state index is -0.0136. The lowest BCUT2D eigenvalue weighted by atomic mass is 10.4. The smallest absolute Gasteiger partial charge is 0.300 e. The number of thiophene rings is 1. The first-order valence-electron chi connectivity index (χ1n) is 6.50. The van der Waals surface area contributed by atoms with Crippen molar-refractivity contribution in [2.45, 2.75) is 39.7 Å². The highest BCUT2D eigenvalue weighted by molar-refractivity contribution is 9.11. The quantitative estimate of drug-likeness (QED) is 0.748. The molecule has 0 spiro atoms. The molecule has 0 radical (unpaired) electrons. The first-order chi connectivity index (χ1) is 9.17. The molecule has 19 heavy (non-hydrogen) atoms. The molecule has 0 N–H and O–H groups in total. The fourth-order valence-corrected chi connectivity index (χ4v) is 3.24. The highest BCUT2D eigenvalue weighted by Crippen LogP contribution is 2.27. The molecule has 0 saturated heterocycles. The van der Waals surface area contributed by atoms with Crippen LogP contribution in [0, 0.1) is 0 Å². The van der Waals surface area contributed by atoms with Crippen LogP contribution in [0.2, 0.25) is 0 Å². The summed E-state index contributed by atoms with van der Waals surface area (Å²) in [6.07, 6.45) is 2.90. The predicted octanol–water partition coefficient (Wildman–Crippen LogP) is 3.81. The molecular weight excluding hydrogens is 328 g/mol. The number of aromatic nitrogens is 2. The number of nitrogens with zero attached hydrogens (tertiary/aromatic N) is 2. The molecule has 0 amide bonds. The Balaban J connectivity index is 2.46. The molecule has 0 fully saturated rings. The number of hydrogen-bond donors (Lipinski definition) is 0. The summed E-state index contributed by atoms with van der Waals surface area (Å²) in [5, 5.41) is 0.660. The summed E-state index contributed by atoms with van der Waals surface area (Å²) in [5.74, 6) is 0. The second kappa shape index (κ2) is 6.52. The number of unbranched alkanes of at least 4 members (excludes halogenated alkanes) is 1. The van der Waals surface area contributed by atoms with Crippen molar-refractivity contribution in [2.24, 2.45) is 0 Å². The molecule has 0 aromatic carbocycles. The van der Waals surface area contributed by atoms with Crippen LogP contribution in [-0.4, -0.2) is 16.2 Å². The SMILES string of the molecule is CCCCOc1nc2sc(Br)cc2c(=O)n1CCC. The summed E-state index contributed by atoms with van der Waals surface area (Å²) in [6, 6.07) is 2.28. The lowest BCUT2D eigenvalue weighted by molar-refractivity contribution is 0.266. The van der Waals surface area contributed by atoms with E-state index in [9.17, 15) is 4.79 Å². The lowest BCUT2D eigenvalue weighted by Gasteiger charge is -2.11. The summed E-state index contributed by atoms with van der Waals surface area (Å²) in [4.78, 5) is 17.6. The van der Waals surface area contributed by atoms with Crippen LogP contribution in [0.3, 0.4) is 0 Å². The van der Waals surface area contributed by atoms with Gasteiger partial charge in [0.1, 0.15) is 4.83 Å². The molecule has 6 heteroatoms. The third kappa shape index (κ3) is 3.17. The van der Waals surface area contributed by atoms with Crippen molar-refractivity contribution in [3.63, 3.8) is 0 Å². The van der Waals surface area contributed by atoms with Crippen LogP contribution in [-0.2, 0) is 6.54 Å². The van der Waals surface area contributed by atoms with Crippen molar-refractivity contribution in [1.29, 1.82) is 0 Å².